The summed E-state index contributed by atoms with van der Waals surface area (Å²) in [6.45, 7) is 2.79. The van der Waals surface area contributed by atoms with Crippen LogP contribution in [0.5, 0.6) is 0 Å². The van der Waals surface area contributed by atoms with E-state index in [1.807, 2.05) is 6.08 Å². The monoisotopic (exact) mass is 195 g/mol. The second kappa shape index (κ2) is 4.60. The van der Waals surface area contributed by atoms with E-state index in [-0.39, 0.29) is 5.78 Å². The molecule has 2 rings (SSSR count). The van der Waals surface area contributed by atoms with Gasteiger partial charge in [-0.2, -0.15) is 0 Å². The summed E-state index contributed by atoms with van der Waals surface area (Å²) in [7, 11) is 0. The van der Waals surface area contributed by atoms with Crippen molar-refractivity contribution in [2.24, 2.45) is 5.92 Å². The van der Waals surface area contributed by atoms with Crippen molar-refractivity contribution in [3.8, 4) is 0 Å². The van der Waals surface area contributed by atoms with E-state index in [2.05, 4.69) is 5.32 Å². The second-order valence-corrected chi connectivity index (χ2v) is 4.03. The van der Waals surface area contributed by atoms with Crippen molar-refractivity contribution in [1.82, 2.24) is 5.32 Å². The second-order valence-electron chi connectivity index (χ2n) is 4.03. The molecule has 0 bridgehead atoms. The Bertz CT molecular complexity index is 242. The predicted octanol–water partition coefficient (Wildman–Crippen LogP) is 1.25. The Hall–Kier alpha value is -0.830. The number of hydrogen-bond donors (Lipinski definition) is 1. The van der Waals surface area contributed by atoms with Crippen LogP contribution < -0.4 is 5.32 Å². The highest BCUT2D eigenvalue weighted by Gasteiger charge is 2.21. The first-order valence-electron chi connectivity index (χ1n) is 5.43. The van der Waals surface area contributed by atoms with Gasteiger partial charge in [-0.3, -0.25) is 4.79 Å². The van der Waals surface area contributed by atoms with Gasteiger partial charge in [0.1, 0.15) is 0 Å². The van der Waals surface area contributed by atoms with Crippen molar-refractivity contribution in [1.29, 1.82) is 0 Å². The Morgan fingerprint density at radius 2 is 2.29 bits per heavy atom. The summed E-state index contributed by atoms with van der Waals surface area (Å²) in [5.41, 5.74) is 0. The molecule has 0 saturated carbocycles. The number of hydrogen-bond acceptors (Lipinski definition) is 3. The number of piperidine rings is 1. The van der Waals surface area contributed by atoms with Gasteiger partial charge in [-0.25, -0.2) is 0 Å². The molecule has 1 fully saturated rings. The van der Waals surface area contributed by atoms with E-state index in [1.165, 1.54) is 0 Å². The Labute approximate surface area is 84.5 Å². The lowest BCUT2D eigenvalue weighted by atomic mass is 9.92. The van der Waals surface area contributed by atoms with Crippen molar-refractivity contribution in [3.63, 3.8) is 0 Å². The zero-order valence-corrected chi connectivity index (χ0v) is 8.42. The summed E-state index contributed by atoms with van der Waals surface area (Å²) >= 11 is 0. The van der Waals surface area contributed by atoms with Crippen molar-refractivity contribution in [2.75, 3.05) is 19.7 Å². The fourth-order valence-corrected chi connectivity index (χ4v) is 2.06. The summed E-state index contributed by atoms with van der Waals surface area (Å²) in [5, 5.41) is 3.30. The number of carbonyl (C=O) groups is 1. The van der Waals surface area contributed by atoms with Gasteiger partial charge in [-0.1, -0.05) is 0 Å². The molecule has 0 radical (unpaired) electrons. The van der Waals surface area contributed by atoms with Crippen LogP contribution in [0, 0.1) is 5.92 Å². The molecular formula is C11H17NO2. The predicted molar refractivity (Wildman–Crippen MR) is 53.9 cm³/mol. The largest absolute Gasteiger partial charge is 0.490 e. The molecule has 78 valence electrons. The van der Waals surface area contributed by atoms with Gasteiger partial charge in [-0.15, -0.1) is 0 Å². The number of carbonyl (C=O) groups excluding carboxylic acids is 1. The van der Waals surface area contributed by atoms with E-state index in [9.17, 15) is 4.79 Å². The van der Waals surface area contributed by atoms with Gasteiger partial charge in [-0.05, 0) is 37.9 Å². The number of nitrogens with one attached hydrogen (secondary N) is 1. The Morgan fingerprint density at radius 3 is 2.93 bits per heavy atom. The maximum absolute atomic E-state index is 11.7. The molecule has 2 heterocycles. The molecule has 0 aromatic carbocycles. The van der Waals surface area contributed by atoms with Crippen molar-refractivity contribution >= 4 is 5.78 Å². The highest BCUT2D eigenvalue weighted by Crippen LogP contribution is 2.20. The normalized spacial score (nSPS) is 23.0. The quantitative estimate of drug-likeness (QED) is 0.736. The molecule has 0 unspecified atom stereocenters. The van der Waals surface area contributed by atoms with Gasteiger partial charge in [0, 0.05) is 12.8 Å². The highest BCUT2D eigenvalue weighted by atomic mass is 16.5. The summed E-state index contributed by atoms with van der Waals surface area (Å²) in [5.74, 6) is 1.38. The summed E-state index contributed by atoms with van der Waals surface area (Å²) in [6, 6.07) is 0. The lowest BCUT2D eigenvalue weighted by Crippen LogP contribution is -2.29. The first-order valence-corrected chi connectivity index (χ1v) is 5.43. The molecule has 3 nitrogen and oxygen atoms in total. The van der Waals surface area contributed by atoms with E-state index in [1.54, 1.807) is 0 Å². The molecule has 0 aromatic rings. The van der Waals surface area contributed by atoms with Gasteiger partial charge >= 0.3 is 0 Å². The van der Waals surface area contributed by atoms with Crippen molar-refractivity contribution in [2.45, 2.75) is 25.7 Å². The van der Waals surface area contributed by atoms with Gasteiger partial charge in [0.25, 0.3) is 0 Å². The fraction of sp³-hybridized carbons (Fsp3) is 0.727. The molecule has 1 N–H and O–H groups in total. The molecule has 2 aliphatic heterocycles. The van der Waals surface area contributed by atoms with E-state index < -0.39 is 0 Å². The first kappa shape index (κ1) is 9.71. The lowest BCUT2D eigenvalue weighted by Gasteiger charge is -2.21. The average Bonchev–Trinajstić information content (AvgIpc) is 2.72. The van der Waals surface area contributed by atoms with Crippen LogP contribution >= 0.6 is 0 Å². The summed E-state index contributed by atoms with van der Waals surface area (Å²) < 4.78 is 5.25. The van der Waals surface area contributed by atoms with Gasteiger partial charge < -0.3 is 10.1 Å². The smallest absolute Gasteiger partial charge is 0.197 e. The number of ether oxygens (including phenoxy) is 1. The van der Waals surface area contributed by atoms with Crippen LogP contribution in [0.4, 0.5) is 0 Å². The number of allylic oxidation sites excluding steroid dienone is 1. The van der Waals surface area contributed by atoms with Crippen LogP contribution in [0.2, 0.25) is 0 Å². The van der Waals surface area contributed by atoms with Gasteiger partial charge in [0.05, 0.1) is 6.61 Å². The first-order chi connectivity index (χ1) is 6.86. The zero-order chi connectivity index (χ0) is 9.80. The lowest BCUT2D eigenvalue weighted by molar-refractivity contribution is -0.119. The Morgan fingerprint density at radius 1 is 1.50 bits per heavy atom. The third-order valence-corrected chi connectivity index (χ3v) is 2.91. The van der Waals surface area contributed by atoms with Crippen LogP contribution in [0.3, 0.4) is 0 Å². The third kappa shape index (κ3) is 2.35. The number of ketones is 1. The third-order valence-electron chi connectivity index (χ3n) is 2.91. The zero-order valence-electron chi connectivity index (χ0n) is 8.42. The summed E-state index contributed by atoms with van der Waals surface area (Å²) in [4.78, 5) is 11.7. The topological polar surface area (TPSA) is 38.3 Å². The van der Waals surface area contributed by atoms with Crippen LogP contribution in [0.15, 0.2) is 11.8 Å². The fourth-order valence-electron chi connectivity index (χ4n) is 2.06. The molecule has 2 aliphatic rings. The SMILES string of the molecule is O=C(CC1CCNCC1)C1=CCCO1. The minimum absolute atomic E-state index is 0.203. The molecular weight excluding hydrogens is 178 g/mol. The van der Waals surface area contributed by atoms with Crippen LogP contribution in [0.1, 0.15) is 25.7 Å². The highest BCUT2D eigenvalue weighted by molar-refractivity contribution is 5.93. The molecule has 1 saturated heterocycles. The van der Waals surface area contributed by atoms with Gasteiger partial charge in [0.15, 0.2) is 11.5 Å². The molecule has 0 spiro atoms. The average molecular weight is 195 g/mol. The molecule has 0 aliphatic carbocycles. The molecule has 3 heteroatoms. The minimum atomic E-state index is 0.203. The van der Waals surface area contributed by atoms with Crippen molar-refractivity contribution < 1.29 is 9.53 Å². The maximum atomic E-state index is 11.7. The Balaban J connectivity index is 1.81. The maximum Gasteiger partial charge on any atom is 0.197 e. The summed E-state index contributed by atoms with van der Waals surface area (Å²) in [6.07, 6.45) is 5.74. The minimum Gasteiger partial charge on any atom is -0.490 e. The van der Waals surface area contributed by atoms with E-state index in [0.717, 1.165) is 32.4 Å². The molecule has 0 amide bonds. The molecule has 14 heavy (non-hydrogen) atoms. The number of Topliss-reactive ketones (excluding diaryl/α,β-unsaturated/α-hetero) is 1. The van der Waals surface area contributed by atoms with Crippen molar-refractivity contribution in [3.05, 3.63) is 11.8 Å². The molecule has 0 aromatic heterocycles. The van der Waals surface area contributed by atoms with Crippen LogP contribution in [-0.2, 0) is 9.53 Å². The van der Waals surface area contributed by atoms with Crippen LogP contribution in [0.25, 0.3) is 0 Å². The Kier molecular flexibility index (Phi) is 3.19. The van der Waals surface area contributed by atoms with E-state index >= 15 is 0 Å². The van der Waals surface area contributed by atoms with Crippen LogP contribution in [-0.4, -0.2) is 25.5 Å². The van der Waals surface area contributed by atoms with E-state index in [4.69, 9.17) is 4.74 Å². The van der Waals surface area contributed by atoms with E-state index in [0.29, 0.717) is 24.7 Å². The molecule has 0 atom stereocenters. The number of rotatable bonds is 3. The standard InChI is InChI=1S/C11H17NO2/c13-10(11-2-1-7-14-11)8-9-3-5-12-6-4-9/h2,9,12H,1,3-8H2. The van der Waals surface area contributed by atoms with Gasteiger partial charge in [0.2, 0.25) is 0 Å².